The van der Waals surface area contributed by atoms with E-state index in [4.69, 9.17) is 4.74 Å². The van der Waals surface area contributed by atoms with Crippen molar-refractivity contribution >= 4 is 11.6 Å². The van der Waals surface area contributed by atoms with Gasteiger partial charge in [0, 0.05) is 0 Å². The first-order chi connectivity index (χ1) is 6.51. The molecule has 3 fully saturated rings. The van der Waals surface area contributed by atoms with Crippen LogP contribution in [0.15, 0.2) is 0 Å². The SMILES string of the molecule is O=C1CC(=O)[C@]2(F)[C@H]3CC[C@H](O3)[C@]12F. The van der Waals surface area contributed by atoms with Gasteiger partial charge in [0.1, 0.15) is 12.2 Å². The Morgan fingerprint density at radius 2 is 1.50 bits per heavy atom. The van der Waals surface area contributed by atoms with Crippen molar-refractivity contribution in [3.05, 3.63) is 0 Å². The fraction of sp³-hybridized carbons (Fsp3) is 0.778. The molecule has 3 aliphatic rings. The molecule has 0 aromatic heterocycles. The predicted molar refractivity (Wildman–Crippen MR) is 40.2 cm³/mol. The van der Waals surface area contributed by atoms with Crippen molar-refractivity contribution in [2.45, 2.75) is 42.8 Å². The van der Waals surface area contributed by atoms with E-state index in [1.165, 1.54) is 0 Å². The Bertz CT molecular complexity index is 324. The summed E-state index contributed by atoms with van der Waals surface area (Å²) < 4.78 is 33.3. The maximum Gasteiger partial charge on any atom is 0.238 e. The van der Waals surface area contributed by atoms with Crippen LogP contribution in [0.5, 0.6) is 0 Å². The molecule has 0 unspecified atom stereocenters. The van der Waals surface area contributed by atoms with Crippen LogP contribution >= 0.6 is 0 Å². The van der Waals surface area contributed by atoms with Crippen molar-refractivity contribution < 1.29 is 23.1 Å². The van der Waals surface area contributed by atoms with Gasteiger partial charge < -0.3 is 4.74 Å². The van der Waals surface area contributed by atoms with Crippen LogP contribution in [0, 0.1) is 0 Å². The van der Waals surface area contributed by atoms with Crippen molar-refractivity contribution in [1.82, 2.24) is 0 Å². The van der Waals surface area contributed by atoms with E-state index >= 15 is 0 Å². The Hall–Kier alpha value is -0.840. The van der Waals surface area contributed by atoms with E-state index in [9.17, 15) is 18.4 Å². The Morgan fingerprint density at radius 3 is 1.93 bits per heavy atom. The van der Waals surface area contributed by atoms with Crippen LogP contribution in [-0.2, 0) is 14.3 Å². The minimum Gasteiger partial charge on any atom is -0.367 e. The summed E-state index contributed by atoms with van der Waals surface area (Å²) >= 11 is 0. The summed E-state index contributed by atoms with van der Waals surface area (Å²) in [7, 11) is 0. The van der Waals surface area contributed by atoms with Crippen LogP contribution in [0.1, 0.15) is 19.3 Å². The van der Waals surface area contributed by atoms with E-state index in [1.807, 2.05) is 0 Å². The lowest BCUT2D eigenvalue weighted by atomic mass is 9.76. The molecule has 1 saturated carbocycles. The number of carbonyl (C=O) groups is 2. The number of rotatable bonds is 0. The van der Waals surface area contributed by atoms with Gasteiger partial charge in [0.25, 0.3) is 0 Å². The molecule has 4 atom stereocenters. The van der Waals surface area contributed by atoms with E-state index in [0.29, 0.717) is 12.8 Å². The lowest BCUT2D eigenvalue weighted by Crippen LogP contribution is -2.57. The second kappa shape index (κ2) is 2.05. The van der Waals surface area contributed by atoms with Crippen molar-refractivity contribution in [2.24, 2.45) is 0 Å². The number of hydrogen-bond acceptors (Lipinski definition) is 3. The summed E-state index contributed by atoms with van der Waals surface area (Å²) in [5.41, 5.74) is -5.38. The van der Waals surface area contributed by atoms with Gasteiger partial charge in [-0.3, -0.25) is 9.59 Å². The molecule has 76 valence electrons. The second-order valence-electron chi connectivity index (χ2n) is 4.14. The van der Waals surface area contributed by atoms with Crippen LogP contribution in [-0.4, -0.2) is 35.1 Å². The lowest BCUT2D eigenvalue weighted by molar-refractivity contribution is -0.141. The second-order valence-corrected chi connectivity index (χ2v) is 4.14. The monoisotopic (exact) mass is 202 g/mol. The summed E-state index contributed by atoms with van der Waals surface area (Å²) in [6, 6.07) is 0. The lowest BCUT2D eigenvalue weighted by Gasteiger charge is -2.30. The zero-order chi connectivity index (χ0) is 10.1. The fourth-order valence-corrected chi connectivity index (χ4v) is 2.86. The Balaban J connectivity index is 2.21. The normalized spacial score (nSPS) is 55.6. The van der Waals surface area contributed by atoms with Crippen LogP contribution in [0.3, 0.4) is 0 Å². The van der Waals surface area contributed by atoms with E-state index in [2.05, 4.69) is 0 Å². The average molecular weight is 202 g/mol. The van der Waals surface area contributed by atoms with Gasteiger partial charge in [0.15, 0.2) is 11.6 Å². The smallest absolute Gasteiger partial charge is 0.238 e. The van der Waals surface area contributed by atoms with Gasteiger partial charge in [0.05, 0.1) is 6.42 Å². The zero-order valence-corrected chi connectivity index (χ0v) is 7.26. The molecule has 3 nitrogen and oxygen atoms in total. The van der Waals surface area contributed by atoms with Crippen LogP contribution in [0.2, 0.25) is 0 Å². The van der Waals surface area contributed by atoms with Gasteiger partial charge in [-0.25, -0.2) is 8.78 Å². The average Bonchev–Trinajstić information content (AvgIpc) is 2.73. The van der Waals surface area contributed by atoms with E-state index in [0.717, 1.165) is 0 Å². The molecule has 2 aliphatic heterocycles. The maximum atomic E-state index is 14.2. The zero-order valence-electron chi connectivity index (χ0n) is 7.26. The van der Waals surface area contributed by atoms with Gasteiger partial charge >= 0.3 is 0 Å². The molecule has 0 spiro atoms. The van der Waals surface area contributed by atoms with Crippen molar-refractivity contribution in [3.63, 3.8) is 0 Å². The largest absolute Gasteiger partial charge is 0.367 e. The fourth-order valence-electron chi connectivity index (χ4n) is 2.86. The number of carbonyl (C=O) groups excluding carboxylic acids is 2. The molecule has 1 aliphatic carbocycles. The molecule has 5 heteroatoms. The van der Waals surface area contributed by atoms with Crippen LogP contribution in [0.25, 0.3) is 0 Å². The Morgan fingerprint density at radius 1 is 1.07 bits per heavy atom. The molecule has 3 rings (SSSR count). The highest BCUT2D eigenvalue weighted by atomic mass is 19.2. The molecular weight excluding hydrogens is 194 g/mol. The number of fused-ring (bicyclic) bond motifs is 5. The summed E-state index contributed by atoms with van der Waals surface area (Å²) in [6.07, 6.45) is -2.06. The van der Waals surface area contributed by atoms with E-state index in [1.54, 1.807) is 0 Å². The first-order valence-electron chi connectivity index (χ1n) is 4.61. The third-order valence-corrected chi connectivity index (χ3v) is 3.57. The number of alkyl halides is 2. The molecule has 0 radical (unpaired) electrons. The minimum atomic E-state index is -2.69. The number of Topliss-reactive ketones (excluding diaryl/α,β-unsaturated/α-hetero) is 2. The van der Waals surface area contributed by atoms with Crippen molar-refractivity contribution in [2.75, 3.05) is 0 Å². The van der Waals surface area contributed by atoms with Gasteiger partial charge in [-0.05, 0) is 12.8 Å². The molecule has 0 amide bonds. The minimum absolute atomic E-state index is 0.325. The van der Waals surface area contributed by atoms with Crippen molar-refractivity contribution in [1.29, 1.82) is 0 Å². The summed E-state index contributed by atoms with van der Waals surface area (Å²) in [6.45, 7) is 0. The molecule has 0 N–H and O–H groups in total. The van der Waals surface area contributed by atoms with E-state index < -0.39 is 41.5 Å². The highest BCUT2D eigenvalue weighted by Crippen LogP contribution is 2.58. The third kappa shape index (κ3) is 0.565. The number of ether oxygens (including phenoxy) is 1. The predicted octanol–water partition coefficient (Wildman–Crippen LogP) is 0.506. The quantitative estimate of drug-likeness (QED) is 0.537. The molecule has 0 aromatic carbocycles. The van der Waals surface area contributed by atoms with Gasteiger partial charge in [-0.2, -0.15) is 0 Å². The molecule has 2 saturated heterocycles. The molecule has 14 heavy (non-hydrogen) atoms. The van der Waals surface area contributed by atoms with Gasteiger partial charge in [0.2, 0.25) is 11.3 Å². The maximum absolute atomic E-state index is 14.2. The standard InChI is InChI=1S/C9H8F2O3/c10-8-4(12)3-5(13)9(8,11)7-2-1-6(8)14-7/h6-7H,1-3H2/t6-,7+,8+,9-. The topological polar surface area (TPSA) is 43.4 Å². The van der Waals surface area contributed by atoms with Gasteiger partial charge in [-0.1, -0.05) is 0 Å². The van der Waals surface area contributed by atoms with Gasteiger partial charge in [-0.15, -0.1) is 0 Å². The first-order valence-corrected chi connectivity index (χ1v) is 4.61. The summed E-state index contributed by atoms with van der Waals surface area (Å²) in [4.78, 5) is 22.5. The Labute approximate surface area is 78.4 Å². The van der Waals surface area contributed by atoms with E-state index in [-0.39, 0.29) is 0 Å². The van der Waals surface area contributed by atoms with Crippen LogP contribution in [0.4, 0.5) is 8.78 Å². The first kappa shape index (κ1) is 8.47. The number of halogens is 2. The summed E-state index contributed by atoms with van der Waals surface area (Å²) in [5.74, 6) is -1.89. The summed E-state index contributed by atoms with van der Waals surface area (Å²) in [5, 5.41) is 0. The van der Waals surface area contributed by atoms with Crippen molar-refractivity contribution in [3.8, 4) is 0 Å². The molecule has 2 heterocycles. The molecule has 0 aromatic rings. The Kier molecular flexibility index (Phi) is 1.24. The highest BCUT2D eigenvalue weighted by Gasteiger charge is 2.81. The van der Waals surface area contributed by atoms with Crippen LogP contribution < -0.4 is 0 Å². The molecular formula is C9H8F2O3. The highest BCUT2D eigenvalue weighted by molar-refractivity contribution is 6.17. The number of hydrogen-bond donors (Lipinski definition) is 0. The number of ketones is 2. The third-order valence-electron chi connectivity index (χ3n) is 3.57. The molecule has 2 bridgehead atoms.